The molecule has 2 heteroatoms. The van der Waals surface area contributed by atoms with E-state index in [2.05, 4.69) is 38.0 Å². The summed E-state index contributed by atoms with van der Waals surface area (Å²) < 4.78 is 0. The van der Waals surface area contributed by atoms with Gasteiger partial charge in [0.15, 0.2) is 0 Å². The van der Waals surface area contributed by atoms with E-state index in [1.165, 1.54) is 51.6 Å². The lowest BCUT2D eigenvalue weighted by molar-refractivity contribution is 0.155. The minimum absolute atomic E-state index is 0.765. The van der Waals surface area contributed by atoms with Crippen molar-refractivity contribution in [2.75, 3.05) is 20.1 Å². The Kier molecular flexibility index (Phi) is 5.70. The highest BCUT2D eigenvalue weighted by atomic mass is 15.1. The van der Waals surface area contributed by atoms with Crippen LogP contribution in [0.15, 0.2) is 0 Å². The second-order valence-corrected chi connectivity index (χ2v) is 7.53. The Balaban J connectivity index is 1.90. The van der Waals surface area contributed by atoms with E-state index >= 15 is 0 Å². The third kappa shape index (κ3) is 4.46. The van der Waals surface area contributed by atoms with Gasteiger partial charge in [-0.1, -0.05) is 27.2 Å². The van der Waals surface area contributed by atoms with Crippen molar-refractivity contribution in [3.05, 3.63) is 0 Å². The zero-order chi connectivity index (χ0) is 13.8. The molecule has 1 aliphatic carbocycles. The van der Waals surface area contributed by atoms with Gasteiger partial charge in [-0.25, -0.2) is 0 Å². The lowest BCUT2D eigenvalue weighted by Crippen LogP contribution is -2.47. The van der Waals surface area contributed by atoms with Gasteiger partial charge in [-0.15, -0.1) is 0 Å². The molecule has 1 heterocycles. The standard InChI is InChI=1S/C17H34N2/c1-13(2)16-8-7-14(3)12-17(16)18-15-6-5-10-19(4)11-9-15/h13-18H,5-12H2,1-4H3. The second-order valence-electron chi connectivity index (χ2n) is 7.53. The van der Waals surface area contributed by atoms with Gasteiger partial charge in [0.2, 0.25) is 0 Å². The summed E-state index contributed by atoms with van der Waals surface area (Å²) in [6.45, 7) is 9.82. The van der Waals surface area contributed by atoms with Gasteiger partial charge >= 0.3 is 0 Å². The van der Waals surface area contributed by atoms with E-state index in [1.54, 1.807) is 0 Å². The average Bonchev–Trinajstić information content (AvgIpc) is 2.54. The molecule has 0 amide bonds. The fraction of sp³-hybridized carbons (Fsp3) is 1.00. The first kappa shape index (κ1) is 15.3. The Labute approximate surface area is 120 Å². The first-order valence-electron chi connectivity index (χ1n) is 8.51. The van der Waals surface area contributed by atoms with Crippen LogP contribution in [-0.4, -0.2) is 37.1 Å². The summed E-state index contributed by atoms with van der Waals surface area (Å²) in [6.07, 6.45) is 8.35. The normalized spacial score (nSPS) is 38.4. The predicted octanol–water partition coefficient (Wildman–Crippen LogP) is 3.52. The molecule has 2 rings (SSSR count). The van der Waals surface area contributed by atoms with E-state index in [4.69, 9.17) is 0 Å². The molecule has 112 valence electrons. The zero-order valence-electron chi connectivity index (χ0n) is 13.5. The van der Waals surface area contributed by atoms with Crippen molar-refractivity contribution in [3.8, 4) is 0 Å². The first-order valence-corrected chi connectivity index (χ1v) is 8.51. The molecule has 1 saturated carbocycles. The molecule has 2 aliphatic rings. The smallest absolute Gasteiger partial charge is 0.0103 e. The van der Waals surface area contributed by atoms with E-state index in [1.807, 2.05) is 0 Å². The van der Waals surface area contributed by atoms with Crippen LogP contribution in [0.2, 0.25) is 0 Å². The van der Waals surface area contributed by atoms with Crippen LogP contribution in [0.4, 0.5) is 0 Å². The van der Waals surface area contributed by atoms with Crippen LogP contribution in [0.3, 0.4) is 0 Å². The number of rotatable bonds is 3. The number of nitrogens with zero attached hydrogens (tertiary/aromatic N) is 1. The third-order valence-electron chi connectivity index (χ3n) is 5.42. The van der Waals surface area contributed by atoms with Gasteiger partial charge in [-0.2, -0.15) is 0 Å². The van der Waals surface area contributed by atoms with Crippen LogP contribution in [-0.2, 0) is 0 Å². The average molecular weight is 266 g/mol. The summed E-state index contributed by atoms with van der Waals surface area (Å²) in [5.74, 6) is 2.65. The molecule has 1 N–H and O–H groups in total. The zero-order valence-corrected chi connectivity index (χ0v) is 13.5. The Hall–Kier alpha value is -0.0800. The van der Waals surface area contributed by atoms with Gasteiger partial charge in [-0.05, 0) is 70.0 Å². The van der Waals surface area contributed by atoms with Gasteiger partial charge in [0.25, 0.3) is 0 Å². The molecular formula is C17H34N2. The molecule has 0 aromatic heterocycles. The van der Waals surface area contributed by atoms with Gasteiger partial charge < -0.3 is 10.2 Å². The molecule has 19 heavy (non-hydrogen) atoms. The number of likely N-dealkylation sites (tertiary alicyclic amines) is 1. The molecule has 0 aromatic carbocycles. The maximum Gasteiger partial charge on any atom is 0.0103 e. The number of hydrogen-bond acceptors (Lipinski definition) is 2. The SMILES string of the molecule is CC1CCC(C(C)C)C(NC2CCCN(C)CC2)C1. The summed E-state index contributed by atoms with van der Waals surface area (Å²) >= 11 is 0. The summed E-state index contributed by atoms with van der Waals surface area (Å²) in [5, 5.41) is 4.05. The van der Waals surface area contributed by atoms with E-state index in [-0.39, 0.29) is 0 Å². The van der Waals surface area contributed by atoms with Crippen molar-refractivity contribution in [2.24, 2.45) is 17.8 Å². The van der Waals surface area contributed by atoms with Gasteiger partial charge in [0, 0.05) is 12.1 Å². The van der Waals surface area contributed by atoms with Crippen LogP contribution in [0, 0.1) is 17.8 Å². The summed E-state index contributed by atoms with van der Waals surface area (Å²) in [6, 6.07) is 1.54. The molecular weight excluding hydrogens is 232 g/mol. The van der Waals surface area contributed by atoms with Crippen LogP contribution < -0.4 is 5.32 Å². The monoisotopic (exact) mass is 266 g/mol. The van der Waals surface area contributed by atoms with Crippen molar-refractivity contribution in [3.63, 3.8) is 0 Å². The highest BCUT2D eigenvalue weighted by molar-refractivity contribution is 4.88. The molecule has 4 atom stereocenters. The van der Waals surface area contributed by atoms with Crippen molar-refractivity contribution in [2.45, 2.75) is 71.4 Å². The van der Waals surface area contributed by atoms with Crippen LogP contribution in [0.1, 0.15) is 59.3 Å². The highest BCUT2D eigenvalue weighted by Crippen LogP contribution is 2.34. The summed E-state index contributed by atoms with van der Waals surface area (Å²) in [5.41, 5.74) is 0. The Morgan fingerprint density at radius 2 is 1.84 bits per heavy atom. The van der Waals surface area contributed by atoms with Crippen molar-refractivity contribution < 1.29 is 0 Å². The maximum atomic E-state index is 4.05. The van der Waals surface area contributed by atoms with Gasteiger partial charge in [-0.3, -0.25) is 0 Å². The topological polar surface area (TPSA) is 15.3 Å². The van der Waals surface area contributed by atoms with Crippen LogP contribution in [0.25, 0.3) is 0 Å². The van der Waals surface area contributed by atoms with Crippen molar-refractivity contribution >= 4 is 0 Å². The molecule has 1 aliphatic heterocycles. The Morgan fingerprint density at radius 1 is 1.05 bits per heavy atom. The van der Waals surface area contributed by atoms with Crippen molar-refractivity contribution in [1.29, 1.82) is 0 Å². The van der Waals surface area contributed by atoms with E-state index in [0.717, 1.165) is 29.8 Å². The lowest BCUT2D eigenvalue weighted by Gasteiger charge is -2.40. The van der Waals surface area contributed by atoms with E-state index in [0.29, 0.717) is 0 Å². The number of nitrogens with one attached hydrogen (secondary N) is 1. The fourth-order valence-electron chi connectivity index (χ4n) is 4.10. The van der Waals surface area contributed by atoms with Crippen LogP contribution >= 0.6 is 0 Å². The van der Waals surface area contributed by atoms with E-state index < -0.39 is 0 Å². The third-order valence-corrected chi connectivity index (χ3v) is 5.42. The predicted molar refractivity (Wildman–Crippen MR) is 83.4 cm³/mol. The largest absolute Gasteiger partial charge is 0.311 e. The van der Waals surface area contributed by atoms with Crippen molar-refractivity contribution in [1.82, 2.24) is 10.2 Å². The molecule has 1 saturated heterocycles. The molecule has 0 aromatic rings. The van der Waals surface area contributed by atoms with Gasteiger partial charge in [0.05, 0.1) is 0 Å². The molecule has 4 unspecified atom stereocenters. The molecule has 0 radical (unpaired) electrons. The first-order chi connectivity index (χ1) is 9.06. The number of hydrogen-bond donors (Lipinski definition) is 1. The molecule has 0 bridgehead atoms. The molecule has 2 nitrogen and oxygen atoms in total. The Morgan fingerprint density at radius 3 is 2.58 bits per heavy atom. The minimum atomic E-state index is 0.765. The molecule has 0 spiro atoms. The Bertz CT molecular complexity index is 264. The van der Waals surface area contributed by atoms with Gasteiger partial charge in [0.1, 0.15) is 0 Å². The highest BCUT2D eigenvalue weighted by Gasteiger charge is 2.32. The summed E-state index contributed by atoms with van der Waals surface area (Å²) in [4.78, 5) is 2.49. The maximum absolute atomic E-state index is 4.05. The van der Waals surface area contributed by atoms with E-state index in [9.17, 15) is 0 Å². The fourth-order valence-corrected chi connectivity index (χ4v) is 4.10. The second kappa shape index (κ2) is 7.08. The summed E-state index contributed by atoms with van der Waals surface area (Å²) in [7, 11) is 2.27. The lowest BCUT2D eigenvalue weighted by atomic mass is 9.73. The minimum Gasteiger partial charge on any atom is -0.311 e. The van der Waals surface area contributed by atoms with Crippen LogP contribution in [0.5, 0.6) is 0 Å². The quantitative estimate of drug-likeness (QED) is 0.841. The molecule has 2 fully saturated rings.